The number of fused-ring (bicyclic) bond motifs is 18. The fourth-order valence-electron chi connectivity index (χ4n) is 11.4. The SMILES string of the molecule is c1ccc2c(c1)-c1ccccc1C21c2ccccc2-c2c1cc1cc(-c3c4ccccc4cc4c3ccc3ccccc34)ccc1c2-c1ccc2c(c1)oc1ccccc12. The Morgan fingerprint density at radius 1 is 0.267 bits per heavy atom. The van der Waals surface area contributed by atoms with Crippen molar-refractivity contribution in [3.63, 3.8) is 0 Å². The fourth-order valence-corrected chi connectivity index (χ4v) is 11.4. The molecule has 1 aromatic heterocycles. The van der Waals surface area contributed by atoms with E-state index in [1.807, 2.05) is 0 Å². The molecule has 0 N–H and O–H groups in total. The molecule has 2 aliphatic carbocycles. The molecule has 0 bridgehead atoms. The van der Waals surface area contributed by atoms with Crippen LogP contribution in [0.5, 0.6) is 0 Å². The van der Waals surface area contributed by atoms with Gasteiger partial charge in [-0.3, -0.25) is 0 Å². The highest BCUT2D eigenvalue weighted by Gasteiger charge is 2.52. The molecule has 0 saturated heterocycles. The monoisotopic (exact) mass is 758 g/mol. The summed E-state index contributed by atoms with van der Waals surface area (Å²) in [5.74, 6) is 0. The van der Waals surface area contributed by atoms with E-state index >= 15 is 0 Å². The van der Waals surface area contributed by atoms with Crippen molar-refractivity contribution >= 4 is 65.0 Å². The number of para-hydroxylation sites is 1. The summed E-state index contributed by atoms with van der Waals surface area (Å²) < 4.78 is 6.59. The summed E-state index contributed by atoms with van der Waals surface area (Å²) >= 11 is 0. The fraction of sp³-hybridized carbons (Fsp3) is 0.0169. The molecule has 60 heavy (non-hydrogen) atoms. The maximum Gasteiger partial charge on any atom is 0.136 e. The standard InChI is InChI=1S/C59H34O/c1-3-15-40-35(13-1)25-30-47-49(40)32-36-14-2-4-16-41(36)56(47)37-26-28-42-39(31-37)33-53-58(57(42)38-27-29-46-45-19-8-12-24-54(45)60-55(46)34-38)48-20-7-11-23-52(48)59(53)50-21-9-5-17-43(50)44-18-6-10-22-51(44)59/h1-34H. The largest absolute Gasteiger partial charge is 0.456 e. The molecule has 0 saturated carbocycles. The van der Waals surface area contributed by atoms with Gasteiger partial charge in [0.25, 0.3) is 0 Å². The molecule has 0 unspecified atom stereocenters. The number of furan rings is 1. The van der Waals surface area contributed by atoms with Crippen LogP contribution in [0.2, 0.25) is 0 Å². The average Bonchev–Trinajstić information content (AvgIpc) is 3.93. The summed E-state index contributed by atoms with van der Waals surface area (Å²) in [5, 5.41) is 12.3. The van der Waals surface area contributed by atoms with Gasteiger partial charge in [-0.15, -0.1) is 0 Å². The minimum Gasteiger partial charge on any atom is -0.456 e. The number of hydrogen-bond acceptors (Lipinski definition) is 1. The van der Waals surface area contributed by atoms with Crippen LogP contribution in [0.3, 0.4) is 0 Å². The summed E-state index contributed by atoms with van der Waals surface area (Å²) in [6.45, 7) is 0. The molecular formula is C59H34O. The van der Waals surface area contributed by atoms with Crippen LogP contribution in [0.25, 0.3) is 110 Å². The first-order valence-electron chi connectivity index (χ1n) is 20.9. The summed E-state index contributed by atoms with van der Waals surface area (Å²) in [5.41, 5.74) is 16.8. The Morgan fingerprint density at radius 2 is 0.817 bits per heavy atom. The van der Waals surface area contributed by atoms with Gasteiger partial charge in [0.05, 0.1) is 5.41 Å². The van der Waals surface area contributed by atoms with Gasteiger partial charge in [-0.05, 0) is 146 Å². The molecule has 14 rings (SSSR count). The Balaban J connectivity index is 1.14. The van der Waals surface area contributed by atoms with Crippen molar-refractivity contribution in [1.82, 2.24) is 0 Å². The van der Waals surface area contributed by atoms with Crippen molar-refractivity contribution in [3.8, 4) is 44.5 Å². The summed E-state index contributed by atoms with van der Waals surface area (Å²) in [6, 6.07) is 77.0. The van der Waals surface area contributed by atoms with Crippen molar-refractivity contribution < 1.29 is 4.42 Å². The van der Waals surface area contributed by atoms with Gasteiger partial charge in [0.2, 0.25) is 0 Å². The number of hydrogen-bond donors (Lipinski definition) is 0. The summed E-state index contributed by atoms with van der Waals surface area (Å²) in [6.07, 6.45) is 0. The first-order chi connectivity index (χ1) is 29.8. The summed E-state index contributed by atoms with van der Waals surface area (Å²) in [4.78, 5) is 0. The van der Waals surface area contributed by atoms with Crippen molar-refractivity contribution in [1.29, 1.82) is 0 Å². The lowest BCUT2D eigenvalue weighted by Gasteiger charge is -2.31. The minimum absolute atomic E-state index is 0.480. The van der Waals surface area contributed by atoms with Crippen LogP contribution in [0.4, 0.5) is 0 Å². The molecular weight excluding hydrogens is 725 g/mol. The lowest BCUT2D eigenvalue weighted by Crippen LogP contribution is -2.25. The van der Waals surface area contributed by atoms with E-state index in [1.165, 1.54) is 104 Å². The van der Waals surface area contributed by atoms with Gasteiger partial charge >= 0.3 is 0 Å². The average molecular weight is 759 g/mol. The highest BCUT2D eigenvalue weighted by atomic mass is 16.3. The molecule has 2 aliphatic rings. The first kappa shape index (κ1) is 32.2. The van der Waals surface area contributed by atoms with Gasteiger partial charge in [0.15, 0.2) is 0 Å². The smallest absolute Gasteiger partial charge is 0.136 e. The predicted molar refractivity (Wildman–Crippen MR) is 251 cm³/mol. The molecule has 11 aromatic carbocycles. The topological polar surface area (TPSA) is 13.1 Å². The van der Waals surface area contributed by atoms with E-state index in [2.05, 4.69) is 206 Å². The molecule has 0 radical (unpaired) electrons. The second-order valence-electron chi connectivity index (χ2n) is 16.7. The van der Waals surface area contributed by atoms with Crippen LogP contribution < -0.4 is 0 Å². The van der Waals surface area contributed by atoms with Gasteiger partial charge in [0.1, 0.15) is 11.2 Å². The molecule has 0 amide bonds. The van der Waals surface area contributed by atoms with E-state index in [9.17, 15) is 0 Å². The highest BCUT2D eigenvalue weighted by Crippen LogP contribution is 2.65. The van der Waals surface area contributed by atoms with Crippen molar-refractivity contribution in [2.75, 3.05) is 0 Å². The predicted octanol–water partition coefficient (Wildman–Crippen LogP) is 15.9. The molecule has 276 valence electrons. The number of rotatable bonds is 2. The Kier molecular flexibility index (Phi) is 6.28. The molecule has 0 aliphatic heterocycles. The summed E-state index contributed by atoms with van der Waals surface area (Å²) in [7, 11) is 0. The first-order valence-corrected chi connectivity index (χ1v) is 20.9. The van der Waals surface area contributed by atoms with Gasteiger partial charge in [0, 0.05) is 10.8 Å². The van der Waals surface area contributed by atoms with Crippen molar-refractivity contribution in [3.05, 3.63) is 229 Å². The lowest BCUT2D eigenvalue weighted by atomic mass is 9.70. The second-order valence-corrected chi connectivity index (χ2v) is 16.7. The van der Waals surface area contributed by atoms with Crippen LogP contribution in [0, 0.1) is 0 Å². The quantitative estimate of drug-likeness (QED) is 0.126. The molecule has 1 nitrogen and oxygen atoms in total. The molecule has 1 heterocycles. The third-order valence-electron chi connectivity index (χ3n) is 13.8. The molecule has 12 aromatic rings. The maximum atomic E-state index is 6.59. The minimum atomic E-state index is -0.480. The van der Waals surface area contributed by atoms with E-state index < -0.39 is 5.41 Å². The third kappa shape index (κ3) is 4.06. The number of benzene rings is 11. The zero-order valence-electron chi connectivity index (χ0n) is 32.5. The Labute approximate surface area is 346 Å². The van der Waals surface area contributed by atoms with E-state index in [4.69, 9.17) is 4.42 Å². The molecule has 1 spiro atoms. The van der Waals surface area contributed by atoms with Gasteiger partial charge in [-0.25, -0.2) is 0 Å². The van der Waals surface area contributed by atoms with Crippen molar-refractivity contribution in [2.45, 2.75) is 5.41 Å². The van der Waals surface area contributed by atoms with E-state index in [-0.39, 0.29) is 0 Å². The highest BCUT2D eigenvalue weighted by molar-refractivity contribution is 6.21. The van der Waals surface area contributed by atoms with Gasteiger partial charge in [-0.2, -0.15) is 0 Å². The second kappa shape index (κ2) is 11.7. The molecule has 0 fully saturated rings. The lowest BCUT2D eigenvalue weighted by molar-refractivity contribution is 0.669. The zero-order chi connectivity index (χ0) is 39.1. The van der Waals surface area contributed by atoms with Crippen LogP contribution >= 0.6 is 0 Å². The van der Waals surface area contributed by atoms with Gasteiger partial charge in [-0.1, -0.05) is 170 Å². The Hall–Kier alpha value is -7.74. The van der Waals surface area contributed by atoms with E-state index in [0.29, 0.717) is 0 Å². The van der Waals surface area contributed by atoms with E-state index in [0.717, 1.165) is 27.5 Å². The zero-order valence-corrected chi connectivity index (χ0v) is 32.5. The van der Waals surface area contributed by atoms with Crippen LogP contribution in [-0.4, -0.2) is 0 Å². The van der Waals surface area contributed by atoms with Crippen LogP contribution in [0.15, 0.2) is 211 Å². The van der Waals surface area contributed by atoms with Gasteiger partial charge < -0.3 is 4.42 Å². The third-order valence-corrected chi connectivity index (χ3v) is 13.8. The maximum absolute atomic E-state index is 6.59. The van der Waals surface area contributed by atoms with E-state index in [1.54, 1.807) is 0 Å². The van der Waals surface area contributed by atoms with Crippen LogP contribution in [-0.2, 0) is 5.41 Å². The van der Waals surface area contributed by atoms with Crippen LogP contribution in [0.1, 0.15) is 22.3 Å². The normalized spacial score (nSPS) is 13.5. The van der Waals surface area contributed by atoms with Crippen molar-refractivity contribution in [2.24, 2.45) is 0 Å². The Bertz CT molecular complexity index is 3800. The molecule has 1 heteroatoms. The Morgan fingerprint density at radius 3 is 1.60 bits per heavy atom. The molecule has 0 atom stereocenters.